The lowest BCUT2D eigenvalue weighted by Crippen LogP contribution is -2.48. The molecule has 0 radical (unpaired) electrons. The molecule has 2 heterocycles. The summed E-state index contributed by atoms with van der Waals surface area (Å²) in [7, 11) is 2.95. The summed E-state index contributed by atoms with van der Waals surface area (Å²) in [5.74, 6) is 0.152. The highest BCUT2D eigenvalue weighted by atomic mass is 32.1. The second-order valence-electron chi connectivity index (χ2n) is 7.24. The van der Waals surface area contributed by atoms with Gasteiger partial charge in [-0.1, -0.05) is 19.1 Å². The van der Waals surface area contributed by atoms with Crippen LogP contribution < -0.4 is 10.1 Å². The van der Waals surface area contributed by atoms with E-state index in [0.29, 0.717) is 17.1 Å². The lowest BCUT2D eigenvalue weighted by atomic mass is 10.0. The van der Waals surface area contributed by atoms with Crippen molar-refractivity contribution < 1.29 is 19.1 Å². The number of ether oxygens (including phenoxy) is 2. The molecule has 0 aliphatic carbocycles. The van der Waals surface area contributed by atoms with E-state index in [1.54, 1.807) is 7.11 Å². The van der Waals surface area contributed by atoms with Gasteiger partial charge < -0.3 is 19.7 Å². The molecule has 1 aromatic heterocycles. The monoisotopic (exact) mass is 431 g/mol. The number of anilines is 1. The van der Waals surface area contributed by atoms with Gasteiger partial charge in [0.25, 0.3) is 0 Å². The third-order valence-electron chi connectivity index (χ3n) is 5.21. The highest BCUT2D eigenvalue weighted by molar-refractivity contribution is 7.15. The van der Waals surface area contributed by atoms with Crippen LogP contribution in [-0.4, -0.2) is 75.2 Å². The van der Waals surface area contributed by atoms with Gasteiger partial charge in [-0.2, -0.15) is 0 Å². The van der Waals surface area contributed by atoms with Crippen LogP contribution in [0.3, 0.4) is 0 Å². The van der Waals surface area contributed by atoms with Crippen molar-refractivity contribution in [2.24, 2.45) is 0 Å². The normalized spacial score (nSPS) is 15.0. The molecule has 0 bridgehead atoms. The van der Waals surface area contributed by atoms with E-state index in [0.717, 1.165) is 56.0 Å². The Morgan fingerprint density at radius 3 is 2.33 bits per heavy atom. The van der Waals surface area contributed by atoms with Crippen LogP contribution in [0.5, 0.6) is 5.75 Å². The van der Waals surface area contributed by atoms with E-state index in [1.807, 2.05) is 29.6 Å². The Balaban J connectivity index is 1.70. The van der Waals surface area contributed by atoms with Crippen molar-refractivity contribution in [2.45, 2.75) is 13.3 Å². The van der Waals surface area contributed by atoms with E-state index in [4.69, 9.17) is 9.47 Å². The van der Waals surface area contributed by atoms with E-state index in [1.165, 1.54) is 18.4 Å². The van der Waals surface area contributed by atoms with Crippen LogP contribution in [0.15, 0.2) is 29.6 Å². The molecule has 1 aliphatic heterocycles. The molecule has 0 saturated carbocycles. The summed E-state index contributed by atoms with van der Waals surface area (Å²) in [6.07, 6.45) is 1.14. The largest absolute Gasteiger partial charge is 0.497 e. The Morgan fingerprint density at radius 2 is 1.73 bits per heavy atom. The van der Waals surface area contributed by atoms with Gasteiger partial charge in [-0.15, -0.1) is 11.3 Å². The smallest absolute Gasteiger partial charge is 0.341 e. The molecule has 1 fully saturated rings. The second kappa shape index (κ2) is 10.6. The first-order valence-corrected chi connectivity index (χ1v) is 11.0. The Labute approximate surface area is 181 Å². The molecule has 1 N–H and O–H groups in total. The lowest BCUT2D eigenvalue weighted by molar-refractivity contribution is -0.117. The quantitative estimate of drug-likeness (QED) is 0.648. The second-order valence-corrected chi connectivity index (χ2v) is 8.12. The number of nitrogens with zero attached hydrogens (tertiary/aromatic N) is 2. The van der Waals surface area contributed by atoms with E-state index in [9.17, 15) is 9.59 Å². The van der Waals surface area contributed by atoms with Crippen LogP contribution in [0.4, 0.5) is 5.00 Å². The average Bonchev–Trinajstić information content (AvgIpc) is 3.18. The average molecular weight is 432 g/mol. The van der Waals surface area contributed by atoms with Crippen LogP contribution >= 0.6 is 11.3 Å². The van der Waals surface area contributed by atoms with Gasteiger partial charge in [0.05, 0.1) is 20.8 Å². The molecule has 3 rings (SSSR count). The number of rotatable bonds is 8. The summed E-state index contributed by atoms with van der Waals surface area (Å²) in [5.41, 5.74) is 1.98. The van der Waals surface area contributed by atoms with Crippen molar-refractivity contribution in [3.63, 3.8) is 0 Å². The fraction of sp³-hybridized carbons (Fsp3) is 0.455. The van der Waals surface area contributed by atoms with Gasteiger partial charge in [0.2, 0.25) is 5.91 Å². The zero-order valence-corrected chi connectivity index (χ0v) is 18.6. The molecule has 0 atom stereocenters. The molecule has 7 nitrogen and oxygen atoms in total. The number of nitrogens with one attached hydrogen (secondary N) is 1. The lowest BCUT2D eigenvalue weighted by Gasteiger charge is -2.34. The first-order valence-electron chi connectivity index (χ1n) is 10.1. The fourth-order valence-electron chi connectivity index (χ4n) is 3.59. The van der Waals surface area contributed by atoms with E-state index >= 15 is 0 Å². The number of hydrogen-bond acceptors (Lipinski definition) is 7. The Morgan fingerprint density at radius 1 is 1.07 bits per heavy atom. The van der Waals surface area contributed by atoms with Crippen molar-refractivity contribution in [3.8, 4) is 16.9 Å². The van der Waals surface area contributed by atoms with Crippen LogP contribution in [0.2, 0.25) is 0 Å². The molecule has 2 aromatic rings. The van der Waals surface area contributed by atoms with Gasteiger partial charge in [-0.25, -0.2) is 4.79 Å². The van der Waals surface area contributed by atoms with Crippen LogP contribution in [-0.2, 0) is 9.53 Å². The topological polar surface area (TPSA) is 71.1 Å². The Hall–Kier alpha value is -2.42. The van der Waals surface area contributed by atoms with Crippen molar-refractivity contribution >= 4 is 28.2 Å². The minimum absolute atomic E-state index is 0.118. The highest BCUT2D eigenvalue weighted by Crippen LogP contribution is 2.36. The SMILES string of the molecule is CCCN1CCN(CC(=O)Nc2scc(-c3ccc(OC)cc3)c2C(=O)OC)CC1. The van der Waals surface area contributed by atoms with Gasteiger partial charge >= 0.3 is 5.97 Å². The van der Waals surface area contributed by atoms with E-state index in [2.05, 4.69) is 22.0 Å². The standard InChI is InChI=1S/C22H29N3O4S/c1-4-9-24-10-12-25(13-11-24)14-19(26)23-21-20(22(27)29-3)18(15-30-21)16-5-7-17(28-2)8-6-16/h5-8,15H,4,9-14H2,1-3H3,(H,23,26). The summed E-state index contributed by atoms with van der Waals surface area (Å²) >= 11 is 1.33. The third kappa shape index (κ3) is 5.38. The number of amides is 1. The summed E-state index contributed by atoms with van der Waals surface area (Å²) in [6.45, 7) is 7.31. The number of carbonyl (C=O) groups excluding carboxylic acids is 2. The van der Waals surface area contributed by atoms with E-state index in [-0.39, 0.29) is 5.91 Å². The molecular weight excluding hydrogens is 402 g/mol. The summed E-state index contributed by atoms with van der Waals surface area (Å²) < 4.78 is 10.2. The van der Waals surface area contributed by atoms with Crippen molar-refractivity contribution in [1.29, 1.82) is 0 Å². The number of carbonyl (C=O) groups is 2. The van der Waals surface area contributed by atoms with Gasteiger partial charge in [0.15, 0.2) is 0 Å². The van der Waals surface area contributed by atoms with Gasteiger partial charge in [-0.05, 0) is 30.7 Å². The zero-order valence-electron chi connectivity index (χ0n) is 17.8. The van der Waals surface area contributed by atoms with Gasteiger partial charge in [0.1, 0.15) is 16.3 Å². The fourth-order valence-corrected chi connectivity index (χ4v) is 4.57. The first-order chi connectivity index (χ1) is 14.5. The number of methoxy groups -OCH3 is 2. The predicted molar refractivity (Wildman–Crippen MR) is 119 cm³/mol. The first kappa shape index (κ1) is 22.3. The van der Waals surface area contributed by atoms with Crippen molar-refractivity contribution in [2.75, 3.05) is 58.8 Å². The van der Waals surface area contributed by atoms with Crippen LogP contribution in [0.1, 0.15) is 23.7 Å². The summed E-state index contributed by atoms with van der Waals surface area (Å²) in [4.78, 5) is 29.7. The highest BCUT2D eigenvalue weighted by Gasteiger charge is 2.24. The Bertz CT molecular complexity index is 858. The zero-order chi connectivity index (χ0) is 21.5. The number of hydrogen-bond donors (Lipinski definition) is 1. The molecule has 30 heavy (non-hydrogen) atoms. The molecule has 162 valence electrons. The minimum atomic E-state index is -0.467. The van der Waals surface area contributed by atoms with Crippen molar-refractivity contribution in [3.05, 3.63) is 35.2 Å². The number of benzene rings is 1. The van der Waals surface area contributed by atoms with E-state index < -0.39 is 5.97 Å². The maximum atomic E-state index is 12.7. The van der Waals surface area contributed by atoms with Crippen molar-refractivity contribution in [1.82, 2.24) is 9.80 Å². The molecule has 1 aromatic carbocycles. The van der Waals surface area contributed by atoms with Crippen LogP contribution in [0, 0.1) is 0 Å². The molecular formula is C22H29N3O4S. The van der Waals surface area contributed by atoms with Gasteiger partial charge in [-0.3, -0.25) is 9.69 Å². The predicted octanol–water partition coefficient (Wildman–Crippen LogP) is 3.18. The molecule has 8 heteroatoms. The third-order valence-corrected chi connectivity index (χ3v) is 6.10. The van der Waals surface area contributed by atoms with Gasteiger partial charge in [0, 0.05) is 37.1 Å². The molecule has 0 spiro atoms. The maximum Gasteiger partial charge on any atom is 0.341 e. The molecule has 0 unspecified atom stereocenters. The van der Waals surface area contributed by atoms with Crippen LogP contribution in [0.25, 0.3) is 11.1 Å². The molecule has 1 aliphatic rings. The number of piperazine rings is 1. The minimum Gasteiger partial charge on any atom is -0.497 e. The molecule has 1 saturated heterocycles. The molecule has 1 amide bonds. The summed E-state index contributed by atoms with van der Waals surface area (Å²) in [5, 5.41) is 5.31. The Kier molecular flexibility index (Phi) is 7.84. The summed E-state index contributed by atoms with van der Waals surface area (Å²) in [6, 6.07) is 7.44. The maximum absolute atomic E-state index is 12.7. The number of esters is 1. The number of thiophene rings is 1.